The molecule has 0 atom stereocenters. The largest absolute Gasteiger partial charge is 0.300 e. The highest BCUT2D eigenvalue weighted by molar-refractivity contribution is 14.1. The van der Waals surface area contributed by atoms with Gasteiger partial charge in [-0.2, -0.15) is 5.10 Å². The maximum absolute atomic E-state index is 5.26. The third kappa shape index (κ3) is 2.95. The predicted molar refractivity (Wildman–Crippen MR) is 80.4 cm³/mol. The van der Waals surface area contributed by atoms with Gasteiger partial charge in [-0.3, -0.25) is 9.67 Å². The third-order valence-electron chi connectivity index (χ3n) is 2.41. The molecule has 0 aliphatic carbocycles. The fourth-order valence-electron chi connectivity index (χ4n) is 1.67. The highest BCUT2D eigenvalue weighted by Gasteiger charge is 2.09. The minimum absolute atomic E-state index is 0.543. The van der Waals surface area contributed by atoms with Crippen molar-refractivity contribution in [1.82, 2.24) is 14.8 Å². The molecule has 0 unspecified atom stereocenters. The summed E-state index contributed by atoms with van der Waals surface area (Å²) in [4.78, 5) is 0. The minimum atomic E-state index is 0.543. The molecule has 0 aliphatic rings. The Kier molecular flexibility index (Phi) is 3.98. The SMILES string of the molecule is CC(C)Cn1c(-c2ccc(I)cc2)n[nH]c1=S. The van der Waals surface area contributed by atoms with E-state index in [4.69, 9.17) is 12.2 Å². The van der Waals surface area contributed by atoms with E-state index < -0.39 is 0 Å². The van der Waals surface area contributed by atoms with E-state index >= 15 is 0 Å². The van der Waals surface area contributed by atoms with Crippen molar-refractivity contribution in [2.75, 3.05) is 0 Å². The highest BCUT2D eigenvalue weighted by Crippen LogP contribution is 2.19. The molecular formula is C12H14IN3S. The van der Waals surface area contributed by atoms with Crippen LogP contribution in [-0.4, -0.2) is 14.8 Å². The monoisotopic (exact) mass is 359 g/mol. The Morgan fingerprint density at radius 3 is 2.59 bits per heavy atom. The molecule has 17 heavy (non-hydrogen) atoms. The molecule has 0 aliphatic heterocycles. The van der Waals surface area contributed by atoms with Crippen LogP contribution in [-0.2, 0) is 6.54 Å². The first-order chi connectivity index (χ1) is 8.08. The molecule has 90 valence electrons. The molecule has 1 aromatic carbocycles. The van der Waals surface area contributed by atoms with Crippen molar-refractivity contribution in [3.8, 4) is 11.4 Å². The van der Waals surface area contributed by atoms with Crippen LogP contribution in [0.15, 0.2) is 24.3 Å². The minimum Gasteiger partial charge on any atom is -0.300 e. The predicted octanol–water partition coefficient (Wildman–Crippen LogP) is 3.87. The molecule has 0 fully saturated rings. The number of benzene rings is 1. The van der Waals surface area contributed by atoms with Crippen LogP contribution >= 0.6 is 34.8 Å². The van der Waals surface area contributed by atoms with Gasteiger partial charge in [0.1, 0.15) is 0 Å². The van der Waals surface area contributed by atoms with Crippen molar-refractivity contribution in [3.05, 3.63) is 32.6 Å². The Balaban J connectivity index is 2.45. The number of nitrogens with zero attached hydrogens (tertiary/aromatic N) is 2. The number of hydrogen-bond donors (Lipinski definition) is 1. The molecule has 1 N–H and O–H groups in total. The van der Waals surface area contributed by atoms with E-state index in [0.717, 1.165) is 17.9 Å². The zero-order chi connectivity index (χ0) is 12.4. The van der Waals surface area contributed by atoms with Crippen LogP contribution in [0.2, 0.25) is 0 Å². The molecule has 0 radical (unpaired) electrons. The zero-order valence-corrected chi connectivity index (χ0v) is 12.7. The van der Waals surface area contributed by atoms with Crippen LogP contribution in [0.25, 0.3) is 11.4 Å². The normalized spacial score (nSPS) is 11.1. The van der Waals surface area contributed by atoms with Crippen molar-refractivity contribution in [1.29, 1.82) is 0 Å². The fourth-order valence-corrected chi connectivity index (χ4v) is 2.24. The molecule has 0 amide bonds. The standard InChI is InChI=1S/C12H14IN3S/c1-8(2)7-16-11(14-15-12(16)17)9-3-5-10(13)6-4-9/h3-6,8H,7H2,1-2H3,(H,15,17). The van der Waals surface area contributed by atoms with Gasteiger partial charge >= 0.3 is 0 Å². The van der Waals surface area contributed by atoms with Crippen molar-refractivity contribution < 1.29 is 0 Å². The van der Waals surface area contributed by atoms with E-state index in [-0.39, 0.29) is 0 Å². The molecule has 5 heteroatoms. The van der Waals surface area contributed by atoms with E-state index in [2.05, 4.69) is 75.5 Å². The van der Waals surface area contributed by atoms with Gasteiger partial charge in [0.05, 0.1) is 0 Å². The van der Waals surface area contributed by atoms with E-state index in [1.165, 1.54) is 3.57 Å². The lowest BCUT2D eigenvalue weighted by molar-refractivity contribution is 0.521. The van der Waals surface area contributed by atoms with E-state index in [1.54, 1.807) is 0 Å². The van der Waals surface area contributed by atoms with Crippen molar-refractivity contribution in [2.24, 2.45) is 5.92 Å². The number of aromatic amines is 1. The second kappa shape index (κ2) is 5.30. The Morgan fingerprint density at radius 1 is 1.35 bits per heavy atom. The van der Waals surface area contributed by atoms with Gasteiger partial charge in [0.2, 0.25) is 0 Å². The average Bonchev–Trinajstić information content (AvgIpc) is 2.61. The molecule has 3 nitrogen and oxygen atoms in total. The van der Waals surface area contributed by atoms with Crippen molar-refractivity contribution in [2.45, 2.75) is 20.4 Å². The number of hydrogen-bond acceptors (Lipinski definition) is 2. The molecule has 2 rings (SSSR count). The fraction of sp³-hybridized carbons (Fsp3) is 0.333. The van der Waals surface area contributed by atoms with Crippen LogP contribution in [0.3, 0.4) is 0 Å². The molecule has 2 aromatic rings. The van der Waals surface area contributed by atoms with Gasteiger partial charge in [0.25, 0.3) is 0 Å². The first kappa shape index (κ1) is 12.8. The lowest BCUT2D eigenvalue weighted by Crippen LogP contribution is -2.06. The zero-order valence-electron chi connectivity index (χ0n) is 9.77. The van der Waals surface area contributed by atoms with Crippen molar-refractivity contribution >= 4 is 34.8 Å². The summed E-state index contributed by atoms with van der Waals surface area (Å²) < 4.78 is 3.96. The van der Waals surface area contributed by atoms with Crippen LogP contribution < -0.4 is 0 Å². The molecule has 1 aromatic heterocycles. The summed E-state index contributed by atoms with van der Waals surface area (Å²) in [5.41, 5.74) is 1.10. The Labute approximate surface area is 119 Å². The molecule has 0 saturated heterocycles. The van der Waals surface area contributed by atoms with Crippen LogP contribution in [0.4, 0.5) is 0 Å². The molecule has 0 bridgehead atoms. The maximum Gasteiger partial charge on any atom is 0.195 e. The van der Waals surface area contributed by atoms with Gasteiger partial charge in [0.15, 0.2) is 10.6 Å². The number of H-pyrrole nitrogens is 1. The first-order valence-corrected chi connectivity index (χ1v) is 6.98. The quantitative estimate of drug-likeness (QED) is 0.667. The number of halogens is 1. The summed E-state index contributed by atoms with van der Waals surface area (Å²) in [6.07, 6.45) is 0. The van der Waals surface area contributed by atoms with Crippen LogP contribution in [0.5, 0.6) is 0 Å². The van der Waals surface area contributed by atoms with Gasteiger partial charge in [0, 0.05) is 15.7 Å². The number of nitrogens with one attached hydrogen (secondary N) is 1. The van der Waals surface area contributed by atoms with Crippen LogP contribution in [0.1, 0.15) is 13.8 Å². The molecular weight excluding hydrogens is 345 g/mol. The van der Waals surface area contributed by atoms with Gasteiger partial charge in [-0.25, -0.2) is 0 Å². The van der Waals surface area contributed by atoms with E-state index in [1.807, 2.05) is 0 Å². The Hall–Kier alpha value is -0.690. The van der Waals surface area contributed by atoms with E-state index in [9.17, 15) is 0 Å². The molecule has 1 heterocycles. The maximum atomic E-state index is 5.26. The number of rotatable bonds is 3. The summed E-state index contributed by atoms with van der Waals surface area (Å²) in [7, 11) is 0. The lowest BCUT2D eigenvalue weighted by Gasteiger charge is -2.09. The smallest absolute Gasteiger partial charge is 0.195 e. The summed E-state index contributed by atoms with van der Waals surface area (Å²) in [6.45, 7) is 5.23. The molecule has 0 saturated carbocycles. The average molecular weight is 359 g/mol. The molecule has 0 spiro atoms. The summed E-state index contributed by atoms with van der Waals surface area (Å²) >= 11 is 7.55. The van der Waals surface area contributed by atoms with Gasteiger partial charge in [-0.1, -0.05) is 26.0 Å². The topological polar surface area (TPSA) is 33.6 Å². The first-order valence-electron chi connectivity index (χ1n) is 5.49. The van der Waals surface area contributed by atoms with Gasteiger partial charge in [-0.05, 0) is 52.9 Å². The van der Waals surface area contributed by atoms with Gasteiger partial charge < -0.3 is 0 Å². The number of aromatic nitrogens is 3. The third-order valence-corrected chi connectivity index (χ3v) is 3.44. The Bertz CT molecular complexity index is 554. The second-order valence-corrected chi connectivity index (χ2v) is 6.00. The summed E-state index contributed by atoms with van der Waals surface area (Å²) in [5, 5.41) is 7.18. The second-order valence-electron chi connectivity index (χ2n) is 4.36. The summed E-state index contributed by atoms with van der Waals surface area (Å²) in [5.74, 6) is 1.46. The summed E-state index contributed by atoms with van der Waals surface area (Å²) in [6, 6.07) is 8.30. The Morgan fingerprint density at radius 2 is 2.00 bits per heavy atom. The van der Waals surface area contributed by atoms with Crippen molar-refractivity contribution in [3.63, 3.8) is 0 Å². The van der Waals surface area contributed by atoms with Gasteiger partial charge in [-0.15, -0.1) is 0 Å². The lowest BCUT2D eigenvalue weighted by atomic mass is 10.2. The van der Waals surface area contributed by atoms with E-state index in [0.29, 0.717) is 10.7 Å². The van der Waals surface area contributed by atoms with Crippen LogP contribution in [0, 0.1) is 14.3 Å². The highest BCUT2D eigenvalue weighted by atomic mass is 127.